The molecule has 6 rings (SSSR count). The number of fused-ring (bicyclic) bond motifs is 2. The van der Waals surface area contributed by atoms with Crippen molar-refractivity contribution < 1.29 is 26.6 Å². The van der Waals surface area contributed by atoms with Crippen LogP contribution in [0.5, 0.6) is 0 Å². The lowest BCUT2D eigenvalue weighted by molar-refractivity contribution is -0.590. The molecule has 0 saturated carbocycles. The van der Waals surface area contributed by atoms with Crippen molar-refractivity contribution >= 4 is 34.0 Å². The van der Waals surface area contributed by atoms with Crippen LogP contribution in [0.2, 0.25) is 0 Å². The van der Waals surface area contributed by atoms with E-state index in [9.17, 15) is 13.2 Å². The average molecular weight is 511 g/mol. The lowest BCUT2D eigenvalue weighted by Crippen LogP contribution is -2.36. The maximum Gasteiger partial charge on any atom is 0.449 e. The van der Waals surface area contributed by atoms with Crippen LogP contribution in [0, 0.1) is 6.92 Å². The highest BCUT2D eigenvalue weighted by atomic mass is 19.4. The van der Waals surface area contributed by atoms with E-state index in [0.29, 0.717) is 46.5 Å². The first kappa shape index (κ1) is 22.5. The van der Waals surface area contributed by atoms with E-state index in [-0.39, 0.29) is 12.3 Å². The summed E-state index contributed by atoms with van der Waals surface area (Å²) in [7, 11) is 0. The minimum absolute atomic E-state index is 0.0381. The second-order valence-electron chi connectivity index (χ2n) is 8.03. The molecule has 0 amide bonds. The Hall–Kier alpha value is -4.95. The van der Waals surface area contributed by atoms with E-state index >= 15 is 0 Å². The zero-order valence-electron chi connectivity index (χ0n) is 19.1. The number of aromatic amines is 2. The molecule has 0 aliphatic carbocycles. The molecule has 6 aromatic rings. The van der Waals surface area contributed by atoms with E-state index in [0.717, 1.165) is 17.6 Å². The second-order valence-corrected chi connectivity index (χ2v) is 8.03. The first-order valence-corrected chi connectivity index (χ1v) is 11.0. The molecule has 37 heavy (non-hydrogen) atoms. The number of nitrogens with zero attached hydrogens (tertiary/aromatic N) is 6. The predicted molar refractivity (Wildman–Crippen MR) is 122 cm³/mol. The Morgan fingerprint density at radius 1 is 0.919 bits per heavy atom. The number of aromatic nitrogens is 8. The van der Waals surface area contributed by atoms with Gasteiger partial charge in [0.05, 0.1) is 12.9 Å². The van der Waals surface area contributed by atoms with Gasteiger partial charge in [0.1, 0.15) is 30.2 Å². The van der Waals surface area contributed by atoms with Crippen molar-refractivity contribution in [3.8, 4) is 5.95 Å². The van der Waals surface area contributed by atoms with Gasteiger partial charge in [-0.15, -0.1) is 9.97 Å². The van der Waals surface area contributed by atoms with Crippen LogP contribution in [-0.2, 0) is 19.3 Å². The van der Waals surface area contributed by atoms with Gasteiger partial charge in [0.2, 0.25) is 22.9 Å². The van der Waals surface area contributed by atoms with Crippen LogP contribution in [0.15, 0.2) is 52.1 Å². The van der Waals surface area contributed by atoms with Crippen molar-refractivity contribution in [2.45, 2.75) is 26.2 Å². The second kappa shape index (κ2) is 8.61. The SMILES string of the molecule is Cc1ccc(CNc2ncnc3nc(-[n+]4cnc5nc[nH]c5c4NCc4ccc(C(F)(F)F)o4)[nH]c23)o1. The Kier molecular flexibility index (Phi) is 5.24. The standard InChI is InChI=1S/C22H17F3N10O2/c1-11-2-3-12(36-11)6-26-17-15-19(31-9-30-17)34-21(33-15)35-10-32-18-16(28-8-29-18)20(35)27-7-13-4-5-14(37-13)22(23,24)25/h2-5,8-10H,6-7H2,1H3,(H3,26,27,28,29,30,31,33,34)/p+1. The van der Waals surface area contributed by atoms with Crippen LogP contribution >= 0.6 is 0 Å². The van der Waals surface area contributed by atoms with Crippen LogP contribution in [0.3, 0.4) is 0 Å². The van der Waals surface area contributed by atoms with Gasteiger partial charge in [-0.2, -0.15) is 17.7 Å². The third kappa shape index (κ3) is 4.30. The van der Waals surface area contributed by atoms with E-state index in [2.05, 4.69) is 45.5 Å². The number of imidazole rings is 2. The van der Waals surface area contributed by atoms with Crippen molar-refractivity contribution in [1.82, 2.24) is 34.9 Å². The van der Waals surface area contributed by atoms with E-state index in [1.165, 1.54) is 25.0 Å². The van der Waals surface area contributed by atoms with Gasteiger partial charge in [-0.05, 0) is 31.2 Å². The fourth-order valence-electron chi connectivity index (χ4n) is 3.80. The van der Waals surface area contributed by atoms with Crippen LogP contribution in [0.1, 0.15) is 23.0 Å². The average Bonchev–Trinajstić information content (AvgIpc) is 3.66. The largest absolute Gasteiger partial charge is 0.465 e. The number of hydrogen-bond acceptors (Lipinski definition) is 9. The molecule has 0 bridgehead atoms. The molecular weight excluding hydrogens is 493 g/mol. The topological polar surface area (TPSA) is 150 Å². The van der Waals surface area contributed by atoms with Crippen molar-refractivity contribution in [2.75, 3.05) is 10.6 Å². The first-order chi connectivity index (χ1) is 17.8. The number of furan rings is 2. The summed E-state index contributed by atoms with van der Waals surface area (Å²) in [6.07, 6.45) is -0.233. The number of nitrogens with one attached hydrogen (secondary N) is 4. The summed E-state index contributed by atoms with van der Waals surface area (Å²) in [6, 6.07) is 5.90. The number of aryl methyl sites for hydroxylation is 1. The van der Waals surface area contributed by atoms with Crippen LogP contribution in [0.4, 0.5) is 24.8 Å². The van der Waals surface area contributed by atoms with Gasteiger partial charge in [-0.1, -0.05) is 0 Å². The molecule has 0 aliphatic rings. The van der Waals surface area contributed by atoms with Gasteiger partial charge in [0.15, 0.2) is 23.2 Å². The quantitative estimate of drug-likeness (QED) is 0.236. The fourth-order valence-corrected chi connectivity index (χ4v) is 3.80. The van der Waals surface area contributed by atoms with Crippen molar-refractivity contribution in [3.05, 3.63) is 66.3 Å². The van der Waals surface area contributed by atoms with Crippen molar-refractivity contribution in [2.24, 2.45) is 0 Å². The monoisotopic (exact) mass is 511 g/mol. The highest BCUT2D eigenvalue weighted by molar-refractivity contribution is 5.83. The summed E-state index contributed by atoms with van der Waals surface area (Å²) >= 11 is 0. The number of anilines is 2. The molecule has 0 radical (unpaired) electrons. The first-order valence-electron chi connectivity index (χ1n) is 11.0. The molecule has 6 heterocycles. The molecule has 12 nitrogen and oxygen atoms in total. The van der Waals surface area contributed by atoms with Gasteiger partial charge in [-0.25, -0.2) is 15.0 Å². The third-order valence-corrected chi connectivity index (χ3v) is 5.49. The summed E-state index contributed by atoms with van der Waals surface area (Å²) in [5.41, 5.74) is 1.86. The Labute approximate surface area is 205 Å². The summed E-state index contributed by atoms with van der Waals surface area (Å²) in [5, 5.41) is 6.30. The summed E-state index contributed by atoms with van der Waals surface area (Å²) in [5.74, 6) is 1.87. The smallest absolute Gasteiger partial charge is 0.449 e. The number of H-pyrrole nitrogens is 2. The lowest BCUT2D eigenvalue weighted by Gasteiger charge is -2.07. The third-order valence-electron chi connectivity index (χ3n) is 5.49. The van der Waals surface area contributed by atoms with Gasteiger partial charge in [0, 0.05) is 0 Å². The molecule has 0 saturated heterocycles. The van der Waals surface area contributed by atoms with Gasteiger partial charge >= 0.3 is 12.1 Å². The van der Waals surface area contributed by atoms with E-state index in [1.807, 2.05) is 19.1 Å². The van der Waals surface area contributed by atoms with Gasteiger partial charge < -0.3 is 24.5 Å². The van der Waals surface area contributed by atoms with Crippen molar-refractivity contribution in [1.29, 1.82) is 0 Å². The number of halogens is 3. The Morgan fingerprint density at radius 2 is 1.73 bits per heavy atom. The van der Waals surface area contributed by atoms with Crippen molar-refractivity contribution in [3.63, 3.8) is 0 Å². The van der Waals surface area contributed by atoms with E-state index in [4.69, 9.17) is 8.83 Å². The van der Waals surface area contributed by atoms with Crippen LogP contribution in [-0.4, -0.2) is 34.9 Å². The molecular formula is C22H18F3N10O2+. The van der Waals surface area contributed by atoms with E-state index < -0.39 is 11.9 Å². The molecule has 0 fully saturated rings. The summed E-state index contributed by atoms with van der Waals surface area (Å²) in [4.78, 5) is 27.7. The predicted octanol–water partition coefficient (Wildman–Crippen LogP) is 3.64. The van der Waals surface area contributed by atoms with Gasteiger partial charge in [-0.3, -0.25) is 4.98 Å². The molecule has 0 spiro atoms. The fraction of sp³-hybridized carbons (Fsp3) is 0.182. The molecule has 188 valence electrons. The Morgan fingerprint density at radius 3 is 2.51 bits per heavy atom. The Balaban J connectivity index is 1.33. The minimum atomic E-state index is -4.57. The minimum Gasteiger partial charge on any atom is -0.465 e. The van der Waals surface area contributed by atoms with Crippen LogP contribution in [0.25, 0.3) is 28.3 Å². The molecule has 6 aromatic heterocycles. The van der Waals surface area contributed by atoms with Crippen LogP contribution < -0.4 is 15.2 Å². The molecule has 0 aliphatic heterocycles. The highest BCUT2D eigenvalue weighted by Crippen LogP contribution is 2.31. The lowest BCUT2D eigenvalue weighted by atomic mass is 10.4. The van der Waals surface area contributed by atoms with Gasteiger partial charge in [0.25, 0.3) is 0 Å². The number of alkyl halides is 3. The normalized spacial score (nSPS) is 12.0. The summed E-state index contributed by atoms with van der Waals surface area (Å²) < 4.78 is 50.9. The van der Waals surface area contributed by atoms with E-state index in [1.54, 1.807) is 4.57 Å². The number of rotatable bonds is 7. The molecule has 15 heteroatoms. The number of hydrogen-bond donors (Lipinski definition) is 4. The molecule has 0 unspecified atom stereocenters. The molecule has 0 atom stereocenters. The Bertz CT molecular complexity index is 1710. The summed E-state index contributed by atoms with van der Waals surface area (Å²) in [6.45, 7) is 2.23. The maximum absolute atomic E-state index is 12.9. The maximum atomic E-state index is 12.9. The zero-order chi connectivity index (χ0) is 25.6. The molecule has 4 N–H and O–H groups in total. The highest BCUT2D eigenvalue weighted by Gasteiger charge is 2.34. The zero-order valence-corrected chi connectivity index (χ0v) is 19.1. The molecule has 0 aromatic carbocycles.